The summed E-state index contributed by atoms with van der Waals surface area (Å²) < 4.78 is 5.63. The van der Waals surface area contributed by atoms with Crippen molar-refractivity contribution in [2.45, 2.75) is 6.92 Å². The van der Waals surface area contributed by atoms with Gasteiger partial charge in [0.25, 0.3) is 0 Å². The molecule has 0 aliphatic carbocycles. The number of hydrogen-bond donors (Lipinski definition) is 2. The van der Waals surface area contributed by atoms with Crippen LogP contribution in [0.3, 0.4) is 0 Å². The predicted molar refractivity (Wildman–Crippen MR) is 67.7 cm³/mol. The molecule has 0 aliphatic heterocycles. The number of aromatic carboxylic acids is 1. The van der Waals surface area contributed by atoms with Gasteiger partial charge in [0.05, 0.1) is 5.52 Å². The number of carboxylic acids is 1. The molecule has 0 amide bonds. The van der Waals surface area contributed by atoms with Crippen LogP contribution in [-0.4, -0.2) is 16.1 Å². The summed E-state index contributed by atoms with van der Waals surface area (Å²) in [5.74, 6) is -0.258. The van der Waals surface area contributed by atoms with Crippen LogP contribution < -0.4 is 0 Å². The number of aryl methyl sites for hydroxylation is 1. The topological polar surface area (TPSA) is 66.2 Å². The maximum absolute atomic E-state index is 10.8. The number of aromatic nitrogens is 1. The van der Waals surface area contributed by atoms with Gasteiger partial charge in [-0.05, 0) is 6.92 Å². The standard InChI is InChI=1S/C14H11NO3/c1-8-2-4-9(5-3-8)12-6-10-13(18-12)7-11(15-10)14(16)17/h2-7,15H,1H3,(H,16,17). The Kier molecular flexibility index (Phi) is 2.23. The summed E-state index contributed by atoms with van der Waals surface area (Å²) >= 11 is 0. The molecule has 0 fully saturated rings. The van der Waals surface area contributed by atoms with Gasteiger partial charge in [0, 0.05) is 17.7 Å². The number of carbonyl (C=O) groups is 1. The Morgan fingerprint density at radius 1 is 1.22 bits per heavy atom. The Hall–Kier alpha value is -2.49. The molecule has 0 bridgehead atoms. The number of fused-ring (bicyclic) bond motifs is 1. The lowest BCUT2D eigenvalue weighted by atomic mass is 10.1. The van der Waals surface area contributed by atoms with E-state index in [2.05, 4.69) is 4.98 Å². The lowest BCUT2D eigenvalue weighted by Gasteiger charge is -1.96. The third-order valence-electron chi connectivity index (χ3n) is 2.87. The molecule has 0 spiro atoms. The Labute approximate surface area is 103 Å². The van der Waals surface area contributed by atoms with Crippen molar-refractivity contribution in [2.75, 3.05) is 0 Å². The maximum atomic E-state index is 10.8. The van der Waals surface area contributed by atoms with E-state index in [0.717, 1.165) is 11.3 Å². The lowest BCUT2D eigenvalue weighted by molar-refractivity contribution is 0.0691. The van der Waals surface area contributed by atoms with Gasteiger partial charge >= 0.3 is 5.97 Å². The molecule has 4 heteroatoms. The molecule has 0 unspecified atom stereocenters. The van der Waals surface area contributed by atoms with Crippen molar-refractivity contribution in [2.24, 2.45) is 0 Å². The molecule has 18 heavy (non-hydrogen) atoms. The van der Waals surface area contributed by atoms with Crippen LogP contribution in [0.15, 0.2) is 40.8 Å². The minimum atomic E-state index is -0.988. The smallest absolute Gasteiger partial charge is 0.352 e. The van der Waals surface area contributed by atoms with E-state index < -0.39 is 5.97 Å². The van der Waals surface area contributed by atoms with E-state index in [0.29, 0.717) is 11.1 Å². The zero-order valence-electron chi connectivity index (χ0n) is 9.73. The van der Waals surface area contributed by atoms with Crippen LogP contribution in [-0.2, 0) is 0 Å². The number of benzene rings is 1. The van der Waals surface area contributed by atoms with Gasteiger partial charge in [-0.15, -0.1) is 0 Å². The first-order valence-corrected chi connectivity index (χ1v) is 5.56. The number of aromatic amines is 1. The Balaban J connectivity index is 2.06. The van der Waals surface area contributed by atoms with Crippen LogP contribution in [0.5, 0.6) is 0 Å². The third-order valence-corrected chi connectivity index (χ3v) is 2.87. The SMILES string of the molecule is Cc1ccc(-c2cc3[nH]c(C(=O)O)cc3o2)cc1. The highest BCUT2D eigenvalue weighted by molar-refractivity contribution is 5.93. The molecule has 0 atom stereocenters. The zero-order valence-corrected chi connectivity index (χ0v) is 9.73. The third kappa shape index (κ3) is 1.68. The van der Waals surface area contributed by atoms with Crippen LogP contribution in [0.4, 0.5) is 0 Å². The van der Waals surface area contributed by atoms with Crippen molar-refractivity contribution >= 4 is 17.1 Å². The van der Waals surface area contributed by atoms with Crippen LogP contribution in [0, 0.1) is 6.92 Å². The summed E-state index contributed by atoms with van der Waals surface area (Å²) in [4.78, 5) is 13.6. The van der Waals surface area contributed by atoms with Crippen LogP contribution in [0.2, 0.25) is 0 Å². The molecule has 3 aromatic rings. The van der Waals surface area contributed by atoms with Gasteiger partial charge in [-0.1, -0.05) is 29.8 Å². The van der Waals surface area contributed by atoms with E-state index in [1.807, 2.05) is 37.3 Å². The van der Waals surface area contributed by atoms with Gasteiger partial charge in [0.2, 0.25) is 0 Å². The van der Waals surface area contributed by atoms with E-state index in [-0.39, 0.29) is 5.69 Å². The number of carboxylic acid groups (broad SMARTS) is 1. The highest BCUT2D eigenvalue weighted by Gasteiger charge is 2.12. The van der Waals surface area contributed by atoms with Crippen molar-refractivity contribution in [3.8, 4) is 11.3 Å². The number of H-pyrrole nitrogens is 1. The van der Waals surface area contributed by atoms with Crippen molar-refractivity contribution in [3.63, 3.8) is 0 Å². The average Bonchev–Trinajstić information content (AvgIpc) is 2.87. The Morgan fingerprint density at radius 2 is 1.94 bits per heavy atom. The second-order valence-electron chi connectivity index (χ2n) is 4.24. The van der Waals surface area contributed by atoms with E-state index in [9.17, 15) is 4.79 Å². The summed E-state index contributed by atoms with van der Waals surface area (Å²) in [6.45, 7) is 2.02. The Bertz CT molecular complexity index is 688. The minimum Gasteiger partial charge on any atom is -0.477 e. The van der Waals surface area contributed by atoms with Crippen molar-refractivity contribution < 1.29 is 14.3 Å². The quantitative estimate of drug-likeness (QED) is 0.722. The highest BCUT2D eigenvalue weighted by atomic mass is 16.4. The van der Waals surface area contributed by atoms with Crippen molar-refractivity contribution in [1.82, 2.24) is 4.98 Å². The normalized spacial score (nSPS) is 10.9. The summed E-state index contributed by atoms with van der Waals surface area (Å²) in [7, 11) is 0. The summed E-state index contributed by atoms with van der Waals surface area (Å²) in [5, 5.41) is 8.85. The van der Waals surface area contributed by atoms with Gasteiger partial charge in [-0.25, -0.2) is 4.79 Å². The first-order chi connectivity index (χ1) is 8.63. The molecule has 0 radical (unpaired) electrons. The maximum Gasteiger partial charge on any atom is 0.352 e. The second-order valence-corrected chi connectivity index (χ2v) is 4.24. The molecule has 2 aromatic heterocycles. The fourth-order valence-electron chi connectivity index (χ4n) is 1.90. The molecule has 0 aliphatic rings. The van der Waals surface area contributed by atoms with Gasteiger partial charge in [-0.2, -0.15) is 0 Å². The van der Waals surface area contributed by atoms with E-state index >= 15 is 0 Å². The van der Waals surface area contributed by atoms with Crippen molar-refractivity contribution in [3.05, 3.63) is 47.7 Å². The first-order valence-electron chi connectivity index (χ1n) is 5.56. The average molecular weight is 241 g/mol. The Morgan fingerprint density at radius 3 is 2.56 bits per heavy atom. The molecule has 4 nitrogen and oxygen atoms in total. The van der Waals surface area contributed by atoms with Gasteiger partial charge in [0.1, 0.15) is 11.5 Å². The number of hydrogen-bond acceptors (Lipinski definition) is 2. The number of rotatable bonds is 2. The molecule has 0 saturated heterocycles. The predicted octanol–water partition coefficient (Wildman–Crippen LogP) is 3.43. The summed E-state index contributed by atoms with van der Waals surface area (Å²) in [6.07, 6.45) is 0. The molecule has 0 saturated carbocycles. The fourth-order valence-corrected chi connectivity index (χ4v) is 1.90. The summed E-state index contributed by atoms with van der Waals surface area (Å²) in [6, 6.07) is 11.3. The van der Waals surface area contributed by atoms with E-state index in [4.69, 9.17) is 9.52 Å². The molecule has 90 valence electrons. The molecule has 1 aromatic carbocycles. The molecular formula is C14H11NO3. The summed E-state index contributed by atoms with van der Waals surface area (Å²) in [5.41, 5.74) is 3.55. The molecule has 2 N–H and O–H groups in total. The minimum absolute atomic E-state index is 0.138. The first kappa shape index (κ1) is 10.7. The second kappa shape index (κ2) is 3.77. The van der Waals surface area contributed by atoms with E-state index in [1.54, 1.807) is 0 Å². The van der Waals surface area contributed by atoms with Crippen LogP contribution >= 0.6 is 0 Å². The van der Waals surface area contributed by atoms with Crippen molar-refractivity contribution in [1.29, 1.82) is 0 Å². The number of furan rings is 1. The van der Waals surface area contributed by atoms with Gasteiger partial charge in [0.15, 0.2) is 5.58 Å². The lowest BCUT2D eigenvalue weighted by Crippen LogP contribution is -1.94. The van der Waals surface area contributed by atoms with Crippen LogP contribution in [0.25, 0.3) is 22.4 Å². The number of nitrogens with one attached hydrogen (secondary N) is 1. The fraction of sp³-hybridized carbons (Fsp3) is 0.0714. The molecule has 2 heterocycles. The van der Waals surface area contributed by atoms with Gasteiger partial charge in [-0.3, -0.25) is 0 Å². The van der Waals surface area contributed by atoms with Crippen LogP contribution in [0.1, 0.15) is 16.1 Å². The van der Waals surface area contributed by atoms with E-state index in [1.165, 1.54) is 11.6 Å². The van der Waals surface area contributed by atoms with Gasteiger partial charge < -0.3 is 14.5 Å². The molecule has 3 rings (SSSR count). The zero-order chi connectivity index (χ0) is 12.7. The monoisotopic (exact) mass is 241 g/mol. The highest BCUT2D eigenvalue weighted by Crippen LogP contribution is 2.28. The largest absolute Gasteiger partial charge is 0.477 e. The molecular weight excluding hydrogens is 230 g/mol.